The van der Waals surface area contributed by atoms with E-state index in [4.69, 9.17) is 5.73 Å². The molecule has 0 aromatic heterocycles. The van der Waals surface area contributed by atoms with Gasteiger partial charge in [-0.3, -0.25) is 0 Å². The van der Waals surface area contributed by atoms with E-state index in [0.717, 1.165) is 24.0 Å². The van der Waals surface area contributed by atoms with Gasteiger partial charge >= 0.3 is 0 Å². The lowest BCUT2D eigenvalue weighted by Gasteiger charge is -2.12. The fraction of sp³-hybridized carbons (Fsp3) is 0.455. The highest BCUT2D eigenvalue weighted by atomic mass is 16.3. The average Bonchev–Trinajstić information content (AvgIpc) is 2.15. The summed E-state index contributed by atoms with van der Waals surface area (Å²) in [7, 11) is 0. The molecule has 0 spiro atoms. The molecule has 13 heavy (non-hydrogen) atoms. The Morgan fingerprint density at radius 1 is 1.38 bits per heavy atom. The molecule has 0 aliphatic carbocycles. The zero-order valence-electron chi connectivity index (χ0n) is 8.03. The van der Waals surface area contributed by atoms with Gasteiger partial charge in [-0.15, -0.1) is 0 Å². The predicted octanol–water partition coefficient (Wildman–Crippen LogP) is 1.77. The van der Waals surface area contributed by atoms with E-state index in [1.54, 1.807) is 0 Å². The maximum absolute atomic E-state index is 9.78. The molecule has 0 aliphatic heterocycles. The molecule has 2 heteroatoms. The highest BCUT2D eigenvalue weighted by molar-refractivity contribution is 5.27. The summed E-state index contributed by atoms with van der Waals surface area (Å²) < 4.78 is 0. The summed E-state index contributed by atoms with van der Waals surface area (Å²) in [5.74, 6) is 0. The summed E-state index contributed by atoms with van der Waals surface area (Å²) in [6.45, 7) is 2.66. The molecule has 72 valence electrons. The molecule has 0 bridgehead atoms. The zero-order chi connectivity index (χ0) is 9.68. The van der Waals surface area contributed by atoms with Crippen LogP contribution in [-0.2, 0) is 0 Å². The number of aliphatic hydroxyl groups is 1. The molecule has 1 unspecified atom stereocenters. The van der Waals surface area contributed by atoms with Crippen LogP contribution in [-0.4, -0.2) is 11.7 Å². The van der Waals surface area contributed by atoms with Gasteiger partial charge in [0.25, 0.3) is 0 Å². The van der Waals surface area contributed by atoms with Gasteiger partial charge in [0.15, 0.2) is 0 Å². The Hall–Kier alpha value is -0.860. The van der Waals surface area contributed by atoms with Gasteiger partial charge < -0.3 is 10.8 Å². The van der Waals surface area contributed by atoms with Gasteiger partial charge in [0.1, 0.15) is 0 Å². The van der Waals surface area contributed by atoms with Crippen LogP contribution in [0.25, 0.3) is 0 Å². The first-order valence-corrected chi connectivity index (χ1v) is 4.69. The van der Waals surface area contributed by atoms with Crippen molar-refractivity contribution >= 4 is 0 Å². The first-order valence-electron chi connectivity index (χ1n) is 4.69. The van der Waals surface area contributed by atoms with E-state index >= 15 is 0 Å². The number of hydrogen-bond acceptors (Lipinski definition) is 2. The Morgan fingerprint density at radius 3 is 2.69 bits per heavy atom. The van der Waals surface area contributed by atoms with Crippen molar-refractivity contribution in [3.63, 3.8) is 0 Å². The van der Waals surface area contributed by atoms with Crippen molar-refractivity contribution in [2.24, 2.45) is 5.73 Å². The topological polar surface area (TPSA) is 46.2 Å². The fourth-order valence-corrected chi connectivity index (χ4v) is 1.43. The Bertz CT molecular complexity index is 260. The Balaban J connectivity index is 2.65. The van der Waals surface area contributed by atoms with Crippen LogP contribution in [0, 0.1) is 6.92 Å². The van der Waals surface area contributed by atoms with Crippen molar-refractivity contribution in [3.05, 3.63) is 35.4 Å². The minimum Gasteiger partial charge on any atom is -0.388 e. The van der Waals surface area contributed by atoms with Crippen LogP contribution >= 0.6 is 0 Å². The summed E-state index contributed by atoms with van der Waals surface area (Å²) in [6, 6.07) is 7.92. The highest BCUT2D eigenvalue weighted by Crippen LogP contribution is 2.20. The molecule has 0 saturated carbocycles. The lowest BCUT2D eigenvalue weighted by atomic mass is 10.0. The molecular weight excluding hydrogens is 162 g/mol. The second-order valence-electron chi connectivity index (χ2n) is 3.30. The van der Waals surface area contributed by atoms with E-state index in [0.29, 0.717) is 6.54 Å². The van der Waals surface area contributed by atoms with E-state index in [9.17, 15) is 5.11 Å². The molecule has 0 radical (unpaired) electrons. The average molecular weight is 179 g/mol. The van der Waals surface area contributed by atoms with Gasteiger partial charge in [-0.05, 0) is 37.4 Å². The summed E-state index contributed by atoms with van der Waals surface area (Å²) in [5.41, 5.74) is 7.55. The Morgan fingerprint density at radius 2 is 2.08 bits per heavy atom. The summed E-state index contributed by atoms with van der Waals surface area (Å²) in [4.78, 5) is 0. The van der Waals surface area contributed by atoms with Crippen molar-refractivity contribution in [2.45, 2.75) is 25.9 Å². The zero-order valence-corrected chi connectivity index (χ0v) is 8.03. The summed E-state index contributed by atoms with van der Waals surface area (Å²) in [5, 5.41) is 9.78. The van der Waals surface area contributed by atoms with Crippen molar-refractivity contribution in [1.29, 1.82) is 0 Å². The number of hydrogen-bond donors (Lipinski definition) is 2. The van der Waals surface area contributed by atoms with Crippen LogP contribution in [0.15, 0.2) is 24.3 Å². The van der Waals surface area contributed by atoms with Crippen molar-refractivity contribution in [1.82, 2.24) is 0 Å². The lowest BCUT2D eigenvalue weighted by molar-refractivity contribution is 0.164. The van der Waals surface area contributed by atoms with Gasteiger partial charge in [-0.2, -0.15) is 0 Å². The molecular formula is C11H17NO. The summed E-state index contributed by atoms with van der Waals surface area (Å²) in [6.07, 6.45) is 1.27. The third-order valence-electron chi connectivity index (χ3n) is 2.23. The first-order chi connectivity index (χ1) is 6.25. The van der Waals surface area contributed by atoms with Gasteiger partial charge in [0, 0.05) is 0 Å². The second-order valence-corrected chi connectivity index (χ2v) is 3.30. The summed E-state index contributed by atoms with van der Waals surface area (Å²) >= 11 is 0. The molecule has 0 fully saturated rings. The van der Waals surface area contributed by atoms with Crippen LogP contribution < -0.4 is 5.73 Å². The maximum atomic E-state index is 9.78. The minimum absolute atomic E-state index is 0.357. The molecule has 0 saturated heterocycles. The number of rotatable bonds is 4. The molecule has 1 aromatic rings. The number of benzene rings is 1. The predicted molar refractivity (Wildman–Crippen MR) is 54.4 cm³/mol. The fourth-order valence-electron chi connectivity index (χ4n) is 1.43. The number of aliphatic hydroxyl groups excluding tert-OH is 1. The number of aryl methyl sites for hydroxylation is 1. The normalized spacial score (nSPS) is 12.8. The standard InChI is InChI=1S/C11H17NO/c1-9-5-2-3-6-10(9)11(13)7-4-8-12/h2-3,5-6,11,13H,4,7-8,12H2,1H3. The second kappa shape index (κ2) is 5.00. The molecule has 1 aromatic carbocycles. The van der Waals surface area contributed by atoms with Crippen molar-refractivity contribution < 1.29 is 5.11 Å². The molecule has 0 aliphatic rings. The molecule has 2 nitrogen and oxygen atoms in total. The van der Waals surface area contributed by atoms with E-state index < -0.39 is 0 Å². The lowest BCUT2D eigenvalue weighted by Crippen LogP contribution is -2.04. The van der Waals surface area contributed by atoms with Crippen LogP contribution in [0.4, 0.5) is 0 Å². The molecule has 1 rings (SSSR count). The van der Waals surface area contributed by atoms with E-state index in [2.05, 4.69) is 0 Å². The van der Waals surface area contributed by atoms with Crippen LogP contribution in [0.5, 0.6) is 0 Å². The highest BCUT2D eigenvalue weighted by Gasteiger charge is 2.08. The molecule has 0 amide bonds. The van der Waals surface area contributed by atoms with Crippen molar-refractivity contribution in [3.8, 4) is 0 Å². The molecule has 1 atom stereocenters. The SMILES string of the molecule is Cc1ccccc1C(O)CCCN. The van der Waals surface area contributed by atoms with Crippen molar-refractivity contribution in [2.75, 3.05) is 6.54 Å². The van der Waals surface area contributed by atoms with Gasteiger partial charge in [0.05, 0.1) is 6.10 Å². The van der Waals surface area contributed by atoms with E-state index in [1.165, 1.54) is 0 Å². The first kappa shape index (κ1) is 10.2. The Labute approximate surface area is 79.4 Å². The number of nitrogens with two attached hydrogens (primary N) is 1. The van der Waals surface area contributed by atoms with Crippen LogP contribution in [0.3, 0.4) is 0 Å². The van der Waals surface area contributed by atoms with Gasteiger partial charge in [-0.1, -0.05) is 24.3 Å². The maximum Gasteiger partial charge on any atom is 0.0793 e. The van der Waals surface area contributed by atoms with Crippen LogP contribution in [0.2, 0.25) is 0 Å². The molecule has 0 heterocycles. The smallest absolute Gasteiger partial charge is 0.0793 e. The monoisotopic (exact) mass is 179 g/mol. The largest absolute Gasteiger partial charge is 0.388 e. The Kier molecular flexibility index (Phi) is 3.93. The third-order valence-corrected chi connectivity index (χ3v) is 2.23. The van der Waals surface area contributed by atoms with E-state index in [1.807, 2.05) is 31.2 Å². The quantitative estimate of drug-likeness (QED) is 0.740. The van der Waals surface area contributed by atoms with Gasteiger partial charge in [0.2, 0.25) is 0 Å². The van der Waals surface area contributed by atoms with Gasteiger partial charge in [-0.25, -0.2) is 0 Å². The minimum atomic E-state index is -0.357. The van der Waals surface area contributed by atoms with Crippen LogP contribution in [0.1, 0.15) is 30.1 Å². The van der Waals surface area contributed by atoms with E-state index in [-0.39, 0.29) is 6.10 Å². The molecule has 3 N–H and O–H groups in total. The third kappa shape index (κ3) is 2.83.